The Morgan fingerprint density at radius 2 is 2.15 bits per heavy atom. The summed E-state index contributed by atoms with van der Waals surface area (Å²) < 4.78 is 4.66. The number of rotatable bonds is 3. The Hall–Kier alpha value is -1.75. The third kappa shape index (κ3) is 8.15. The monoisotopic (exact) mass is 176 g/mol. The first-order valence-electron chi connectivity index (χ1n) is 3.79. The lowest BCUT2D eigenvalue weighted by molar-refractivity contribution is -0.104. The van der Waals surface area contributed by atoms with Gasteiger partial charge in [0, 0.05) is 6.08 Å². The van der Waals surface area contributed by atoms with Gasteiger partial charge in [0.15, 0.2) is 0 Å². The highest BCUT2D eigenvalue weighted by molar-refractivity contribution is 5.65. The summed E-state index contributed by atoms with van der Waals surface area (Å²) in [6, 6.07) is 0. The molecule has 2 heteroatoms. The van der Waals surface area contributed by atoms with Gasteiger partial charge in [-0.25, -0.2) is 0 Å². The highest BCUT2D eigenvalue weighted by atomic mass is 16.5. The largest absolute Gasteiger partial charge is 0.504 e. The summed E-state index contributed by atoms with van der Waals surface area (Å²) in [5, 5.41) is 0. The fourth-order valence-electron chi connectivity index (χ4n) is 0.544. The van der Waals surface area contributed by atoms with E-state index in [1.54, 1.807) is 25.3 Å². The number of methoxy groups -OCH3 is 1. The zero-order chi connectivity index (χ0) is 9.94. The quantitative estimate of drug-likeness (QED) is 0.216. The maximum atomic E-state index is 9.91. The fourth-order valence-corrected chi connectivity index (χ4v) is 0.544. The van der Waals surface area contributed by atoms with Gasteiger partial charge < -0.3 is 4.74 Å². The van der Waals surface area contributed by atoms with E-state index in [0.717, 1.165) is 11.9 Å². The molecule has 0 amide bonds. The molecule has 0 aromatic rings. The molecule has 0 unspecified atom stereocenters. The number of carbonyl (C=O) groups is 1. The van der Waals surface area contributed by atoms with Crippen molar-refractivity contribution >= 4 is 6.29 Å². The van der Waals surface area contributed by atoms with E-state index in [-0.39, 0.29) is 0 Å². The predicted octanol–water partition coefficient (Wildman–Crippen LogP) is 1.85. The van der Waals surface area contributed by atoms with E-state index >= 15 is 0 Å². The SMILES string of the molecule is CO/C=C/C#C/C(C)=C/C=C/C=O. The second-order valence-electron chi connectivity index (χ2n) is 2.18. The van der Waals surface area contributed by atoms with Gasteiger partial charge in [-0.1, -0.05) is 24.0 Å². The molecule has 0 saturated heterocycles. The first-order chi connectivity index (χ1) is 6.31. The highest BCUT2D eigenvalue weighted by Gasteiger charge is 1.74. The Balaban J connectivity index is 4.09. The van der Waals surface area contributed by atoms with Gasteiger partial charge in [-0.3, -0.25) is 4.79 Å². The first kappa shape index (κ1) is 11.2. The third-order valence-electron chi connectivity index (χ3n) is 1.09. The van der Waals surface area contributed by atoms with Crippen LogP contribution in [0.1, 0.15) is 6.92 Å². The fraction of sp³-hybridized carbons (Fsp3) is 0.182. The van der Waals surface area contributed by atoms with Gasteiger partial charge >= 0.3 is 0 Å². The summed E-state index contributed by atoms with van der Waals surface area (Å²) in [5.41, 5.74) is 0.888. The van der Waals surface area contributed by atoms with Crippen LogP contribution < -0.4 is 0 Å². The minimum absolute atomic E-state index is 0.724. The van der Waals surface area contributed by atoms with Crippen molar-refractivity contribution in [1.82, 2.24) is 0 Å². The zero-order valence-corrected chi connectivity index (χ0v) is 7.78. The lowest BCUT2D eigenvalue weighted by Gasteiger charge is -1.81. The summed E-state index contributed by atoms with van der Waals surface area (Å²) in [5.74, 6) is 5.62. The molecule has 0 aromatic carbocycles. The Bertz CT molecular complexity index is 285. The van der Waals surface area contributed by atoms with Crippen LogP contribution in [0.15, 0.2) is 36.1 Å². The molecule has 0 aliphatic rings. The van der Waals surface area contributed by atoms with Gasteiger partial charge in [-0.05, 0) is 18.6 Å². The molecule has 13 heavy (non-hydrogen) atoms. The second kappa shape index (κ2) is 8.35. The van der Waals surface area contributed by atoms with Crippen LogP contribution in [-0.4, -0.2) is 13.4 Å². The third-order valence-corrected chi connectivity index (χ3v) is 1.09. The average Bonchev–Trinajstić information content (AvgIpc) is 2.13. The summed E-state index contributed by atoms with van der Waals surface area (Å²) in [6.45, 7) is 1.86. The molecule has 0 heterocycles. The van der Waals surface area contributed by atoms with E-state index in [0.29, 0.717) is 0 Å². The lowest BCUT2D eigenvalue weighted by Crippen LogP contribution is -1.67. The van der Waals surface area contributed by atoms with E-state index in [4.69, 9.17) is 0 Å². The Kier molecular flexibility index (Phi) is 7.22. The van der Waals surface area contributed by atoms with Crippen LogP contribution in [0.5, 0.6) is 0 Å². The Labute approximate surface area is 78.6 Å². The number of allylic oxidation sites excluding steroid dienone is 5. The zero-order valence-electron chi connectivity index (χ0n) is 7.78. The molecule has 0 N–H and O–H groups in total. The molecule has 0 fully saturated rings. The van der Waals surface area contributed by atoms with Crippen molar-refractivity contribution in [3.05, 3.63) is 36.1 Å². The number of hydrogen-bond donors (Lipinski definition) is 0. The molecule has 0 bridgehead atoms. The van der Waals surface area contributed by atoms with E-state index in [1.807, 2.05) is 6.92 Å². The predicted molar refractivity (Wildman–Crippen MR) is 52.9 cm³/mol. The van der Waals surface area contributed by atoms with Gasteiger partial charge in [-0.15, -0.1) is 0 Å². The maximum absolute atomic E-state index is 9.91. The highest BCUT2D eigenvalue weighted by Crippen LogP contribution is 1.89. The lowest BCUT2D eigenvalue weighted by atomic mass is 10.3. The van der Waals surface area contributed by atoms with Crippen molar-refractivity contribution in [3.63, 3.8) is 0 Å². The maximum Gasteiger partial charge on any atom is 0.142 e. The van der Waals surface area contributed by atoms with Crippen LogP contribution >= 0.6 is 0 Å². The van der Waals surface area contributed by atoms with Crippen LogP contribution in [0.25, 0.3) is 0 Å². The molecule has 0 aliphatic heterocycles. The summed E-state index contributed by atoms with van der Waals surface area (Å²) >= 11 is 0. The van der Waals surface area contributed by atoms with Crippen LogP contribution in [0.4, 0.5) is 0 Å². The number of hydrogen-bond acceptors (Lipinski definition) is 2. The Morgan fingerprint density at radius 1 is 1.38 bits per heavy atom. The van der Waals surface area contributed by atoms with Crippen molar-refractivity contribution < 1.29 is 9.53 Å². The van der Waals surface area contributed by atoms with E-state index in [2.05, 4.69) is 16.6 Å². The molecule has 0 aliphatic carbocycles. The minimum atomic E-state index is 0.724. The van der Waals surface area contributed by atoms with Gasteiger partial charge in [0.05, 0.1) is 13.4 Å². The summed E-state index contributed by atoms with van der Waals surface area (Å²) in [7, 11) is 1.56. The van der Waals surface area contributed by atoms with Crippen LogP contribution in [-0.2, 0) is 9.53 Å². The molecule has 0 radical (unpaired) electrons. The number of carbonyl (C=O) groups excluding carboxylic acids is 1. The van der Waals surface area contributed by atoms with Crippen LogP contribution in [0.3, 0.4) is 0 Å². The standard InChI is InChI=1S/C11H12O2/c1-11(7-3-5-9-12)8-4-6-10-13-2/h3,5-7,9-10H,1-2H3/b5-3+,10-6+,11-7+. The molecular weight excluding hydrogens is 164 g/mol. The minimum Gasteiger partial charge on any atom is -0.504 e. The molecule has 0 aromatic heterocycles. The molecular formula is C11H12O2. The van der Waals surface area contributed by atoms with E-state index < -0.39 is 0 Å². The Morgan fingerprint density at radius 3 is 2.77 bits per heavy atom. The molecule has 0 saturated carbocycles. The van der Waals surface area contributed by atoms with Crippen LogP contribution in [0.2, 0.25) is 0 Å². The first-order valence-corrected chi connectivity index (χ1v) is 3.79. The summed E-state index contributed by atoms with van der Waals surface area (Å²) in [6.07, 6.45) is 8.67. The van der Waals surface area contributed by atoms with Crippen molar-refractivity contribution in [3.8, 4) is 11.8 Å². The van der Waals surface area contributed by atoms with Gasteiger partial charge in [0.2, 0.25) is 0 Å². The molecule has 68 valence electrons. The van der Waals surface area contributed by atoms with Crippen molar-refractivity contribution in [2.75, 3.05) is 7.11 Å². The van der Waals surface area contributed by atoms with E-state index in [1.165, 1.54) is 12.3 Å². The van der Waals surface area contributed by atoms with Gasteiger partial charge in [0.25, 0.3) is 0 Å². The second-order valence-corrected chi connectivity index (χ2v) is 2.18. The smallest absolute Gasteiger partial charge is 0.142 e. The molecule has 2 nitrogen and oxygen atoms in total. The molecule has 0 atom stereocenters. The number of aldehydes is 1. The molecule has 0 spiro atoms. The van der Waals surface area contributed by atoms with Gasteiger partial charge in [0.1, 0.15) is 6.29 Å². The van der Waals surface area contributed by atoms with Crippen molar-refractivity contribution in [2.45, 2.75) is 6.92 Å². The van der Waals surface area contributed by atoms with Crippen molar-refractivity contribution in [1.29, 1.82) is 0 Å². The van der Waals surface area contributed by atoms with Crippen LogP contribution in [0, 0.1) is 11.8 Å². The number of ether oxygens (including phenoxy) is 1. The van der Waals surface area contributed by atoms with Gasteiger partial charge in [-0.2, -0.15) is 0 Å². The summed E-state index contributed by atoms with van der Waals surface area (Å²) in [4.78, 5) is 9.91. The molecule has 0 rings (SSSR count). The normalized spacial score (nSPS) is 11.4. The topological polar surface area (TPSA) is 26.3 Å². The average molecular weight is 176 g/mol. The van der Waals surface area contributed by atoms with Crippen molar-refractivity contribution in [2.24, 2.45) is 0 Å². The van der Waals surface area contributed by atoms with E-state index in [9.17, 15) is 4.79 Å².